The highest BCUT2D eigenvalue weighted by Gasteiger charge is 2.32. The number of hydrogen-bond donors (Lipinski definition) is 2. The van der Waals surface area contributed by atoms with Gasteiger partial charge in [-0.05, 0) is 24.3 Å². The van der Waals surface area contributed by atoms with E-state index in [1.165, 1.54) is 0 Å². The van der Waals surface area contributed by atoms with Gasteiger partial charge in [0.1, 0.15) is 5.84 Å². The number of para-hydroxylation sites is 3. The van der Waals surface area contributed by atoms with Gasteiger partial charge in [0, 0.05) is 26.0 Å². The molecule has 0 unspecified atom stereocenters. The van der Waals surface area contributed by atoms with Gasteiger partial charge in [-0.1, -0.05) is 30.3 Å². The van der Waals surface area contributed by atoms with E-state index in [0.717, 1.165) is 17.1 Å². The number of amidine groups is 1. The standard InChI is InChI=1S/C18H18N4O/c1-20-12-14-17(19)21(2)15-10-6-7-11-16(15)22(18(14)23)13-8-4-3-5-9-13/h3-12,19-20H,1-2H3/b14-12+,19-17?. The number of likely N-dealkylation sites (N-methyl/N-ethyl adjacent to an activating group) is 1. The maximum atomic E-state index is 13.1. The Balaban J connectivity index is 2.27. The Morgan fingerprint density at radius 1 is 1.00 bits per heavy atom. The summed E-state index contributed by atoms with van der Waals surface area (Å²) in [7, 11) is 3.52. The van der Waals surface area contributed by atoms with Gasteiger partial charge in [-0.2, -0.15) is 0 Å². The third kappa shape index (κ3) is 2.46. The lowest BCUT2D eigenvalue weighted by atomic mass is 10.2. The minimum Gasteiger partial charge on any atom is -0.393 e. The molecule has 5 nitrogen and oxygen atoms in total. The van der Waals surface area contributed by atoms with E-state index in [2.05, 4.69) is 5.32 Å². The molecule has 1 amide bonds. The molecule has 0 atom stereocenters. The molecule has 0 aliphatic carbocycles. The van der Waals surface area contributed by atoms with Gasteiger partial charge < -0.3 is 10.2 Å². The second-order valence-electron chi connectivity index (χ2n) is 5.22. The third-order valence-electron chi connectivity index (χ3n) is 3.81. The molecule has 2 aromatic carbocycles. The van der Waals surface area contributed by atoms with Crippen LogP contribution in [-0.4, -0.2) is 25.8 Å². The van der Waals surface area contributed by atoms with Crippen LogP contribution in [0.2, 0.25) is 0 Å². The summed E-state index contributed by atoms with van der Waals surface area (Å²) in [5, 5.41) is 11.2. The predicted octanol–water partition coefficient (Wildman–Crippen LogP) is 2.88. The van der Waals surface area contributed by atoms with Gasteiger partial charge in [-0.15, -0.1) is 0 Å². The van der Waals surface area contributed by atoms with Gasteiger partial charge in [0.25, 0.3) is 5.91 Å². The van der Waals surface area contributed by atoms with E-state index >= 15 is 0 Å². The van der Waals surface area contributed by atoms with E-state index in [9.17, 15) is 4.79 Å². The largest absolute Gasteiger partial charge is 0.393 e. The van der Waals surface area contributed by atoms with Crippen molar-refractivity contribution >= 4 is 28.8 Å². The van der Waals surface area contributed by atoms with Crippen molar-refractivity contribution in [3.05, 3.63) is 66.4 Å². The van der Waals surface area contributed by atoms with E-state index < -0.39 is 0 Å². The van der Waals surface area contributed by atoms with Gasteiger partial charge >= 0.3 is 0 Å². The number of amides is 1. The Labute approximate surface area is 135 Å². The quantitative estimate of drug-likeness (QED) is 0.839. The lowest BCUT2D eigenvalue weighted by molar-refractivity contribution is -0.114. The fraction of sp³-hybridized carbons (Fsp3) is 0.111. The van der Waals surface area contributed by atoms with Crippen LogP contribution >= 0.6 is 0 Å². The smallest absolute Gasteiger partial charge is 0.268 e. The fourth-order valence-corrected chi connectivity index (χ4v) is 2.68. The number of rotatable bonds is 2. The van der Waals surface area contributed by atoms with E-state index in [0.29, 0.717) is 5.57 Å². The highest BCUT2D eigenvalue weighted by Crippen LogP contribution is 2.38. The third-order valence-corrected chi connectivity index (χ3v) is 3.81. The van der Waals surface area contributed by atoms with Crippen molar-refractivity contribution < 1.29 is 4.79 Å². The molecule has 3 rings (SSSR count). The van der Waals surface area contributed by atoms with Crippen LogP contribution in [0.15, 0.2) is 66.4 Å². The number of carbonyl (C=O) groups is 1. The van der Waals surface area contributed by atoms with Crippen molar-refractivity contribution in [2.45, 2.75) is 0 Å². The average molecular weight is 306 g/mol. The Kier molecular flexibility index (Phi) is 3.85. The van der Waals surface area contributed by atoms with Gasteiger partial charge in [-0.3, -0.25) is 15.1 Å². The maximum Gasteiger partial charge on any atom is 0.268 e. The molecule has 0 spiro atoms. The molecule has 2 N–H and O–H groups in total. The topological polar surface area (TPSA) is 59.4 Å². The molecule has 0 fully saturated rings. The molecule has 1 aliphatic rings. The number of benzene rings is 2. The summed E-state index contributed by atoms with van der Waals surface area (Å²) >= 11 is 0. The van der Waals surface area contributed by atoms with E-state index in [-0.39, 0.29) is 11.7 Å². The van der Waals surface area contributed by atoms with E-state index in [1.807, 2.05) is 54.6 Å². The summed E-state index contributed by atoms with van der Waals surface area (Å²) in [5.41, 5.74) is 2.66. The molecule has 5 heteroatoms. The lowest BCUT2D eigenvalue weighted by Crippen LogP contribution is -2.32. The van der Waals surface area contributed by atoms with Crippen molar-refractivity contribution in [3.63, 3.8) is 0 Å². The highest BCUT2D eigenvalue weighted by molar-refractivity contribution is 6.33. The summed E-state index contributed by atoms with van der Waals surface area (Å²) in [5.74, 6) is -0.0671. The minimum atomic E-state index is -0.229. The fourth-order valence-electron chi connectivity index (χ4n) is 2.68. The number of nitrogens with zero attached hydrogens (tertiary/aromatic N) is 2. The Morgan fingerprint density at radius 2 is 1.61 bits per heavy atom. The van der Waals surface area contributed by atoms with Crippen LogP contribution in [0.5, 0.6) is 0 Å². The molecule has 0 aromatic heterocycles. The monoisotopic (exact) mass is 306 g/mol. The average Bonchev–Trinajstić information content (AvgIpc) is 2.66. The molecule has 23 heavy (non-hydrogen) atoms. The molecular formula is C18H18N4O. The van der Waals surface area contributed by atoms with Crippen molar-refractivity contribution in [2.24, 2.45) is 0 Å². The van der Waals surface area contributed by atoms with Crippen molar-refractivity contribution in [1.82, 2.24) is 5.32 Å². The van der Waals surface area contributed by atoms with Crippen LogP contribution in [0.4, 0.5) is 17.1 Å². The molecule has 116 valence electrons. The van der Waals surface area contributed by atoms with Crippen LogP contribution in [0.1, 0.15) is 0 Å². The summed E-state index contributed by atoms with van der Waals surface area (Å²) < 4.78 is 0. The molecule has 0 radical (unpaired) electrons. The van der Waals surface area contributed by atoms with E-state index in [4.69, 9.17) is 5.41 Å². The van der Waals surface area contributed by atoms with Gasteiger partial charge in [0.15, 0.2) is 0 Å². The van der Waals surface area contributed by atoms with Gasteiger partial charge in [0.05, 0.1) is 16.9 Å². The van der Waals surface area contributed by atoms with Crippen LogP contribution in [0, 0.1) is 5.41 Å². The Bertz CT molecular complexity index is 783. The van der Waals surface area contributed by atoms with Crippen molar-refractivity contribution in [2.75, 3.05) is 23.9 Å². The Morgan fingerprint density at radius 3 is 2.26 bits per heavy atom. The zero-order chi connectivity index (χ0) is 16.4. The van der Waals surface area contributed by atoms with Crippen molar-refractivity contribution in [1.29, 1.82) is 5.41 Å². The molecule has 1 aliphatic heterocycles. The Hall–Kier alpha value is -3.08. The SMILES string of the molecule is CN/C=C1\C(=N)N(C)c2ccccc2N(c2ccccc2)C1=O. The van der Waals surface area contributed by atoms with Crippen LogP contribution < -0.4 is 15.1 Å². The van der Waals surface area contributed by atoms with Crippen LogP contribution in [0.25, 0.3) is 0 Å². The van der Waals surface area contributed by atoms with Gasteiger partial charge in [0.2, 0.25) is 0 Å². The first-order chi connectivity index (χ1) is 11.1. The number of hydrogen-bond acceptors (Lipinski definition) is 3. The first-order valence-electron chi connectivity index (χ1n) is 7.33. The first kappa shape index (κ1) is 14.8. The highest BCUT2D eigenvalue weighted by atomic mass is 16.2. The molecule has 0 bridgehead atoms. The summed E-state index contributed by atoms with van der Waals surface area (Å²) in [6.07, 6.45) is 1.57. The first-order valence-corrected chi connectivity index (χ1v) is 7.33. The van der Waals surface area contributed by atoms with E-state index in [1.54, 1.807) is 30.1 Å². The van der Waals surface area contributed by atoms with Crippen LogP contribution in [-0.2, 0) is 4.79 Å². The zero-order valence-corrected chi connectivity index (χ0v) is 13.1. The summed E-state index contributed by atoms with van der Waals surface area (Å²) in [4.78, 5) is 16.5. The summed E-state index contributed by atoms with van der Waals surface area (Å²) in [6, 6.07) is 17.1. The molecule has 0 saturated carbocycles. The second kappa shape index (κ2) is 5.96. The van der Waals surface area contributed by atoms with Gasteiger partial charge in [-0.25, -0.2) is 0 Å². The molecular weight excluding hydrogens is 288 g/mol. The second-order valence-corrected chi connectivity index (χ2v) is 5.22. The maximum absolute atomic E-state index is 13.1. The molecule has 0 saturated heterocycles. The summed E-state index contributed by atoms with van der Waals surface area (Å²) in [6.45, 7) is 0. The number of fused-ring (bicyclic) bond motifs is 1. The lowest BCUT2D eigenvalue weighted by Gasteiger charge is -2.23. The zero-order valence-electron chi connectivity index (χ0n) is 13.1. The molecule has 2 aromatic rings. The number of carbonyl (C=O) groups excluding carboxylic acids is 1. The molecule has 1 heterocycles. The van der Waals surface area contributed by atoms with Crippen molar-refractivity contribution in [3.8, 4) is 0 Å². The van der Waals surface area contributed by atoms with Crippen LogP contribution in [0.3, 0.4) is 0 Å². The number of nitrogens with one attached hydrogen (secondary N) is 2. The predicted molar refractivity (Wildman–Crippen MR) is 93.3 cm³/mol. The minimum absolute atomic E-state index is 0.162. The number of anilines is 3. The normalized spacial score (nSPS) is 16.3.